The summed E-state index contributed by atoms with van der Waals surface area (Å²) in [4.78, 5) is 31.0. The second-order valence-electron chi connectivity index (χ2n) is 6.57. The number of ketones is 1. The molecule has 1 fully saturated rings. The number of aromatic nitrogens is 1. The molecule has 1 aromatic carbocycles. The van der Waals surface area contributed by atoms with Gasteiger partial charge in [0.25, 0.3) is 11.7 Å². The van der Waals surface area contributed by atoms with Gasteiger partial charge in [-0.2, -0.15) is 0 Å². The highest BCUT2D eigenvalue weighted by molar-refractivity contribution is 6.46. The Labute approximate surface area is 169 Å². The number of aliphatic hydroxyl groups excluding tert-OH is 1. The summed E-state index contributed by atoms with van der Waals surface area (Å²) < 4.78 is 11.0. The zero-order valence-corrected chi connectivity index (χ0v) is 16.7. The Hall–Kier alpha value is -3.35. The molecule has 7 heteroatoms. The van der Waals surface area contributed by atoms with Crippen molar-refractivity contribution in [3.05, 3.63) is 59.4 Å². The van der Waals surface area contributed by atoms with Gasteiger partial charge in [-0.15, -0.1) is 0 Å². The highest BCUT2D eigenvalue weighted by Crippen LogP contribution is 2.41. The van der Waals surface area contributed by atoms with E-state index >= 15 is 0 Å². The number of nitrogens with zero attached hydrogens (tertiary/aromatic N) is 2. The maximum Gasteiger partial charge on any atom is 0.295 e. The molecule has 1 aromatic heterocycles. The third kappa shape index (κ3) is 3.81. The summed E-state index contributed by atoms with van der Waals surface area (Å²) in [6.07, 6.45) is 3.71. The Balaban J connectivity index is 2.18. The van der Waals surface area contributed by atoms with Gasteiger partial charge in [0.05, 0.1) is 25.3 Å². The van der Waals surface area contributed by atoms with Crippen LogP contribution in [0.4, 0.5) is 0 Å². The maximum atomic E-state index is 12.8. The fraction of sp³-hybridized carbons (Fsp3) is 0.318. The zero-order valence-electron chi connectivity index (χ0n) is 16.7. The van der Waals surface area contributed by atoms with E-state index in [0.29, 0.717) is 42.2 Å². The predicted molar refractivity (Wildman–Crippen MR) is 108 cm³/mol. The second kappa shape index (κ2) is 8.77. The third-order valence-electron chi connectivity index (χ3n) is 4.76. The Morgan fingerprint density at radius 3 is 2.48 bits per heavy atom. The number of pyridine rings is 1. The summed E-state index contributed by atoms with van der Waals surface area (Å²) in [6, 6.07) is 7.75. The smallest absolute Gasteiger partial charge is 0.295 e. The van der Waals surface area contributed by atoms with Gasteiger partial charge in [-0.25, -0.2) is 0 Å². The number of carbonyl (C=O) groups excluding carboxylic acids is 2. The fourth-order valence-corrected chi connectivity index (χ4v) is 3.49. The van der Waals surface area contributed by atoms with Crippen LogP contribution in [0, 0.1) is 0 Å². The number of methoxy groups -OCH3 is 1. The first-order chi connectivity index (χ1) is 14.0. The molecule has 7 nitrogen and oxygen atoms in total. The summed E-state index contributed by atoms with van der Waals surface area (Å²) in [5.41, 5.74) is 1.15. The molecule has 1 amide bonds. The van der Waals surface area contributed by atoms with Crippen molar-refractivity contribution >= 4 is 17.4 Å². The Morgan fingerprint density at radius 2 is 1.86 bits per heavy atom. The molecule has 0 spiro atoms. The van der Waals surface area contributed by atoms with Gasteiger partial charge in [0.1, 0.15) is 5.76 Å². The van der Waals surface area contributed by atoms with Crippen molar-refractivity contribution < 1.29 is 24.2 Å². The lowest BCUT2D eigenvalue weighted by Crippen LogP contribution is -2.30. The van der Waals surface area contributed by atoms with Crippen LogP contribution in [-0.2, 0) is 9.59 Å². The monoisotopic (exact) mass is 396 g/mol. The van der Waals surface area contributed by atoms with Gasteiger partial charge >= 0.3 is 0 Å². The molecule has 2 aromatic rings. The molecule has 0 saturated carbocycles. The van der Waals surface area contributed by atoms with Crippen LogP contribution < -0.4 is 9.47 Å². The number of aliphatic hydroxyl groups is 1. The molecule has 0 aliphatic carbocycles. The molecular weight excluding hydrogens is 372 g/mol. The van der Waals surface area contributed by atoms with Crippen molar-refractivity contribution in [2.75, 3.05) is 20.3 Å². The summed E-state index contributed by atoms with van der Waals surface area (Å²) in [5, 5.41) is 10.9. The van der Waals surface area contributed by atoms with Crippen molar-refractivity contribution in [1.82, 2.24) is 9.88 Å². The topological polar surface area (TPSA) is 89.0 Å². The molecule has 1 N–H and O–H groups in total. The molecule has 1 unspecified atom stereocenters. The first kappa shape index (κ1) is 20.4. The Kier molecular flexibility index (Phi) is 6.16. The number of benzene rings is 1. The van der Waals surface area contributed by atoms with Crippen molar-refractivity contribution in [2.24, 2.45) is 0 Å². The Morgan fingerprint density at radius 1 is 1.14 bits per heavy atom. The van der Waals surface area contributed by atoms with Gasteiger partial charge in [-0.1, -0.05) is 13.0 Å². The van der Waals surface area contributed by atoms with Gasteiger partial charge in [-0.05, 0) is 43.2 Å². The van der Waals surface area contributed by atoms with Gasteiger partial charge in [0, 0.05) is 24.5 Å². The van der Waals surface area contributed by atoms with Crippen LogP contribution in [0.1, 0.15) is 37.4 Å². The van der Waals surface area contributed by atoms with E-state index in [4.69, 9.17) is 9.47 Å². The summed E-state index contributed by atoms with van der Waals surface area (Å²) in [6.45, 7) is 4.67. The SMILES string of the molecule is CCCN1C(=O)C(=O)/C(=C(\O)c2ccncc2)C1c1ccc(OCC)c(OC)c1. The molecule has 152 valence electrons. The zero-order chi connectivity index (χ0) is 21.0. The van der Waals surface area contributed by atoms with E-state index in [1.54, 1.807) is 30.3 Å². The standard InChI is InChI=1S/C22H24N2O5/c1-4-12-24-19(15-6-7-16(29-5-2)17(13-15)28-3)18(21(26)22(24)27)20(25)14-8-10-23-11-9-14/h6-11,13,19,25H,4-5,12H2,1-3H3/b20-18-. The first-order valence-electron chi connectivity index (χ1n) is 9.53. The lowest BCUT2D eigenvalue weighted by atomic mass is 9.95. The minimum absolute atomic E-state index is 0.0564. The number of hydrogen-bond acceptors (Lipinski definition) is 6. The molecule has 1 aliphatic heterocycles. The van der Waals surface area contributed by atoms with E-state index in [9.17, 15) is 14.7 Å². The second-order valence-corrected chi connectivity index (χ2v) is 6.57. The van der Waals surface area contributed by atoms with E-state index in [1.807, 2.05) is 13.8 Å². The highest BCUT2D eigenvalue weighted by atomic mass is 16.5. The van der Waals surface area contributed by atoms with Crippen molar-refractivity contribution in [3.63, 3.8) is 0 Å². The number of hydrogen-bond donors (Lipinski definition) is 1. The molecule has 1 atom stereocenters. The number of carbonyl (C=O) groups is 2. The molecule has 3 rings (SSSR count). The Bertz CT molecular complexity index is 939. The molecule has 1 aliphatic rings. The van der Waals surface area contributed by atoms with E-state index in [0.717, 1.165) is 0 Å². The maximum absolute atomic E-state index is 12.8. The molecular formula is C22H24N2O5. The van der Waals surface area contributed by atoms with E-state index in [1.165, 1.54) is 24.4 Å². The van der Waals surface area contributed by atoms with E-state index in [2.05, 4.69) is 4.98 Å². The van der Waals surface area contributed by atoms with Crippen molar-refractivity contribution in [3.8, 4) is 11.5 Å². The number of rotatable bonds is 7. The van der Waals surface area contributed by atoms with Crippen LogP contribution in [0.5, 0.6) is 11.5 Å². The summed E-state index contributed by atoms with van der Waals surface area (Å²) in [7, 11) is 1.53. The van der Waals surface area contributed by atoms with Gasteiger partial charge in [0.2, 0.25) is 0 Å². The van der Waals surface area contributed by atoms with Gasteiger partial charge in [-0.3, -0.25) is 14.6 Å². The van der Waals surface area contributed by atoms with Gasteiger partial charge in [0.15, 0.2) is 11.5 Å². The first-order valence-corrected chi connectivity index (χ1v) is 9.53. The van der Waals surface area contributed by atoms with Crippen molar-refractivity contribution in [2.45, 2.75) is 26.3 Å². The van der Waals surface area contributed by atoms with Crippen LogP contribution >= 0.6 is 0 Å². The van der Waals surface area contributed by atoms with Gasteiger partial charge < -0.3 is 19.5 Å². The van der Waals surface area contributed by atoms with E-state index < -0.39 is 17.7 Å². The lowest BCUT2D eigenvalue weighted by Gasteiger charge is -2.25. The number of likely N-dealkylation sites (tertiary alicyclic amines) is 1. The molecule has 2 heterocycles. The lowest BCUT2D eigenvalue weighted by molar-refractivity contribution is -0.139. The van der Waals surface area contributed by atoms with Crippen LogP contribution in [0.3, 0.4) is 0 Å². The van der Waals surface area contributed by atoms with Crippen LogP contribution in [0.25, 0.3) is 5.76 Å². The van der Waals surface area contributed by atoms with E-state index in [-0.39, 0.29) is 11.3 Å². The van der Waals surface area contributed by atoms with Crippen LogP contribution in [-0.4, -0.2) is 46.9 Å². The predicted octanol–water partition coefficient (Wildman–Crippen LogP) is 3.32. The summed E-state index contributed by atoms with van der Waals surface area (Å²) >= 11 is 0. The minimum Gasteiger partial charge on any atom is -0.507 e. The largest absolute Gasteiger partial charge is 0.507 e. The number of Topliss-reactive ketones (excluding diaryl/α,β-unsaturated/α-hetero) is 1. The van der Waals surface area contributed by atoms with Crippen LogP contribution in [0.2, 0.25) is 0 Å². The average molecular weight is 396 g/mol. The minimum atomic E-state index is -0.715. The fourth-order valence-electron chi connectivity index (χ4n) is 3.49. The third-order valence-corrected chi connectivity index (χ3v) is 4.76. The van der Waals surface area contributed by atoms with Crippen molar-refractivity contribution in [1.29, 1.82) is 0 Å². The highest BCUT2D eigenvalue weighted by Gasteiger charge is 2.45. The molecule has 1 saturated heterocycles. The quantitative estimate of drug-likeness (QED) is 0.439. The van der Waals surface area contributed by atoms with Crippen LogP contribution in [0.15, 0.2) is 48.3 Å². The molecule has 0 radical (unpaired) electrons. The molecule has 0 bridgehead atoms. The summed E-state index contributed by atoms with van der Waals surface area (Å²) in [5.74, 6) is -0.483. The average Bonchev–Trinajstić information content (AvgIpc) is 2.99. The molecule has 29 heavy (non-hydrogen) atoms. The number of amides is 1. The normalized spacial score (nSPS) is 18.2. The number of ether oxygens (including phenoxy) is 2.